The molecular weight excluding hydrogens is 340 g/mol. The van der Waals surface area contributed by atoms with E-state index in [-0.39, 0.29) is 13.0 Å². The van der Waals surface area contributed by atoms with Crippen molar-refractivity contribution in [3.05, 3.63) is 12.7 Å². The number of nitrogens with two attached hydrogens (primary N) is 1. The molecule has 1 aliphatic rings. The highest BCUT2D eigenvalue weighted by Gasteiger charge is 2.43. The number of fused-ring (bicyclic) bond motifs is 1. The van der Waals surface area contributed by atoms with E-state index < -0.39 is 34.5 Å². The molecule has 1 aliphatic carbocycles. The van der Waals surface area contributed by atoms with E-state index in [1.165, 1.54) is 12.7 Å². The molecule has 4 unspecified atom stereocenters. The van der Waals surface area contributed by atoms with Gasteiger partial charge in [-0.25, -0.2) is 20.1 Å². The average Bonchev–Trinajstić information content (AvgIpc) is 3.07. The maximum atomic E-state index is 10.9. The first-order valence-corrected chi connectivity index (χ1v) is 8.67. The Bertz CT molecular complexity index is 840. The second kappa shape index (κ2) is 6.22. The van der Waals surface area contributed by atoms with Gasteiger partial charge in [-0.1, -0.05) is 0 Å². The number of anilines is 1. The van der Waals surface area contributed by atoms with Crippen molar-refractivity contribution in [2.75, 3.05) is 19.0 Å². The van der Waals surface area contributed by atoms with E-state index in [0.29, 0.717) is 17.0 Å². The number of imidazole rings is 1. The van der Waals surface area contributed by atoms with Crippen LogP contribution in [0.3, 0.4) is 0 Å². The molecule has 0 bridgehead atoms. The fourth-order valence-electron chi connectivity index (χ4n) is 3.00. The Morgan fingerprint density at radius 1 is 1.38 bits per heavy atom. The molecule has 11 nitrogen and oxygen atoms in total. The maximum absolute atomic E-state index is 10.9. The largest absolute Gasteiger partial charge is 0.390 e. The minimum atomic E-state index is -4.11. The summed E-state index contributed by atoms with van der Waals surface area (Å²) in [6.45, 7) is -0.309. The molecule has 12 heteroatoms. The Hall–Kier alpha value is -1.86. The molecule has 0 amide bonds. The number of hydrogen-bond donors (Lipinski definition) is 4. The van der Waals surface area contributed by atoms with Crippen molar-refractivity contribution in [3.8, 4) is 0 Å². The zero-order valence-corrected chi connectivity index (χ0v) is 13.6. The molecule has 0 saturated heterocycles. The van der Waals surface area contributed by atoms with Crippen molar-refractivity contribution in [2.45, 2.75) is 24.7 Å². The Kier molecular flexibility index (Phi) is 4.40. The Morgan fingerprint density at radius 3 is 2.79 bits per heavy atom. The van der Waals surface area contributed by atoms with E-state index in [4.69, 9.17) is 5.14 Å². The highest BCUT2D eigenvalue weighted by molar-refractivity contribution is 7.84. The highest BCUT2D eigenvalue weighted by Crippen LogP contribution is 2.37. The minimum absolute atomic E-state index is 0.280. The quantitative estimate of drug-likeness (QED) is 0.491. The molecule has 0 radical (unpaired) electrons. The van der Waals surface area contributed by atoms with Gasteiger partial charge in [-0.05, 0) is 6.42 Å². The summed E-state index contributed by atoms with van der Waals surface area (Å²) in [5.74, 6) is -0.0488. The average molecular weight is 358 g/mol. The van der Waals surface area contributed by atoms with Gasteiger partial charge in [0.15, 0.2) is 11.5 Å². The lowest BCUT2D eigenvalue weighted by molar-refractivity contribution is -0.000990. The maximum Gasteiger partial charge on any atom is 0.333 e. The van der Waals surface area contributed by atoms with Gasteiger partial charge in [-0.15, -0.1) is 0 Å². The molecule has 3 rings (SSSR count). The number of aliphatic hydroxyl groups is 2. The normalized spacial score (nSPS) is 27.7. The number of aromatic nitrogens is 4. The molecule has 132 valence electrons. The molecule has 0 spiro atoms. The van der Waals surface area contributed by atoms with Crippen molar-refractivity contribution in [2.24, 2.45) is 11.1 Å². The first kappa shape index (κ1) is 17.0. The minimum Gasteiger partial charge on any atom is -0.390 e. The smallest absolute Gasteiger partial charge is 0.333 e. The van der Waals surface area contributed by atoms with Crippen molar-refractivity contribution < 1.29 is 22.8 Å². The van der Waals surface area contributed by atoms with E-state index in [9.17, 15) is 18.6 Å². The third kappa shape index (κ3) is 3.06. The van der Waals surface area contributed by atoms with Crippen LogP contribution in [-0.4, -0.2) is 64.0 Å². The molecule has 5 N–H and O–H groups in total. The molecule has 24 heavy (non-hydrogen) atoms. The van der Waals surface area contributed by atoms with Gasteiger partial charge in [-0.3, -0.25) is 4.18 Å². The monoisotopic (exact) mass is 358 g/mol. The number of nitrogens with zero attached hydrogens (tertiary/aromatic N) is 4. The zero-order chi connectivity index (χ0) is 17.5. The Morgan fingerprint density at radius 2 is 2.12 bits per heavy atom. The fourth-order valence-corrected chi connectivity index (χ4v) is 3.36. The van der Waals surface area contributed by atoms with Crippen LogP contribution < -0.4 is 10.5 Å². The van der Waals surface area contributed by atoms with Crippen molar-refractivity contribution >= 4 is 27.3 Å². The molecule has 2 aromatic heterocycles. The highest BCUT2D eigenvalue weighted by atomic mass is 32.2. The van der Waals surface area contributed by atoms with E-state index in [1.807, 2.05) is 0 Å². The van der Waals surface area contributed by atoms with Gasteiger partial charge in [0.25, 0.3) is 0 Å². The van der Waals surface area contributed by atoms with Crippen LogP contribution in [0.2, 0.25) is 0 Å². The van der Waals surface area contributed by atoms with Crippen LogP contribution in [0.1, 0.15) is 12.5 Å². The van der Waals surface area contributed by atoms with Gasteiger partial charge in [0.05, 0.1) is 25.1 Å². The number of aliphatic hydroxyl groups excluding tert-OH is 2. The summed E-state index contributed by atoms with van der Waals surface area (Å²) < 4.78 is 28.0. The van der Waals surface area contributed by atoms with E-state index in [1.54, 1.807) is 11.6 Å². The van der Waals surface area contributed by atoms with Crippen LogP contribution in [0.5, 0.6) is 0 Å². The molecule has 0 aromatic carbocycles. The van der Waals surface area contributed by atoms with Gasteiger partial charge in [0, 0.05) is 13.0 Å². The zero-order valence-electron chi connectivity index (χ0n) is 12.8. The summed E-state index contributed by atoms with van der Waals surface area (Å²) in [7, 11) is -2.40. The second-order valence-electron chi connectivity index (χ2n) is 5.62. The molecule has 4 atom stereocenters. The first-order chi connectivity index (χ1) is 11.3. The Labute approximate surface area is 137 Å². The molecule has 0 aliphatic heterocycles. The molecule has 1 saturated carbocycles. The van der Waals surface area contributed by atoms with Crippen molar-refractivity contribution in [1.29, 1.82) is 0 Å². The van der Waals surface area contributed by atoms with Crippen LogP contribution in [0.4, 0.5) is 5.82 Å². The third-order valence-corrected chi connectivity index (χ3v) is 4.64. The van der Waals surface area contributed by atoms with Gasteiger partial charge in [-0.2, -0.15) is 8.42 Å². The van der Waals surface area contributed by atoms with Crippen LogP contribution >= 0.6 is 0 Å². The van der Waals surface area contributed by atoms with Gasteiger partial charge < -0.3 is 20.1 Å². The van der Waals surface area contributed by atoms with E-state index in [0.717, 1.165) is 0 Å². The summed E-state index contributed by atoms with van der Waals surface area (Å²) in [6.07, 6.45) is 0.877. The number of nitrogens with one attached hydrogen (secondary N) is 1. The van der Waals surface area contributed by atoms with Gasteiger partial charge >= 0.3 is 10.3 Å². The van der Waals surface area contributed by atoms with Gasteiger partial charge in [0.1, 0.15) is 17.9 Å². The first-order valence-electron chi connectivity index (χ1n) is 7.20. The topological polar surface area (TPSA) is 165 Å². The lowest BCUT2D eigenvalue weighted by atomic mass is 10.1. The number of rotatable bonds is 5. The fraction of sp³-hybridized carbons (Fsp3) is 0.583. The van der Waals surface area contributed by atoms with Crippen molar-refractivity contribution in [3.63, 3.8) is 0 Å². The van der Waals surface area contributed by atoms with E-state index >= 15 is 0 Å². The second-order valence-corrected chi connectivity index (χ2v) is 6.84. The van der Waals surface area contributed by atoms with Crippen LogP contribution in [0, 0.1) is 5.92 Å². The number of hydrogen-bond acceptors (Lipinski definition) is 9. The van der Waals surface area contributed by atoms with E-state index in [2.05, 4.69) is 24.5 Å². The molecular formula is C12H18N6O5S. The lowest BCUT2D eigenvalue weighted by Gasteiger charge is -2.18. The molecule has 2 heterocycles. The summed E-state index contributed by atoms with van der Waals surface area (Å²) in [4.78, 5) is 12.5. The van der Waals surface area contributed by atoms with Gasteiger partial charge in [0.2, 0.25) is 0 Å². The predicted molar refractivity (Wildman–Crippen MR) is 83.1 cm³/mol. The summed E-state index contributed by atoms with van der Waals surface area (Å²) in [6, 6.07) is -0.529. The molecule has 2 aromatic rings. The van der Waals surface area contributed by atoms with Crippen LogP contribution in [0.15, 0.2) is 12.7 Å². The Balaban J connectivity index is 1.87. The summed E-state index contributed by atoms with van der Waals surface area (Å²) in [5.41, 5.74) is 1.03. The molecule has 1 fully saturated rings. The SMILES string of the molecule is CNc1ncnc2c1ncn2C1CC(COS(N)(=O)=O)C(O)C1O. The lowest BCUT2D eigenvalue weighted by Crippen LogP contribution is -2.31. The van der Waals surface area contributed by atoms with Crippen LogP contribution in [-0.2, 0) is 14.5 Å². The summed E-state index contributed by atoms with van der Waals surface area (Å²) >= 11 is 0. The third-order valence-electron chi connectivity index (χ3n) is 4.17. The standard InChI is InChI=1S/C12H18N6O5S/c1-14-11-8-12(16-4-15-11)18(5-17-8)7-2-6(9(19)10(7)20)3-23-24(13,21)22/h4-7,9-10,19-20H,2-3H2,1H3,(H2,13,21,22)(H,14,15,16). The van der Waals surface area contributed by atoms with Crippen molar-refractivity contribution in [1.82, 2.24) is 19.5 Å². The predicted octanol–water partition coefficient (Wildman–Crippen LogP) is -1.63. The van der Waals surface area contributed by atoms with Crippen LogP contribution in [0.25, 0.3) is 11.2 Å². The summed E-state index contributed by atoms with van der Waals surface area (Å²) in [5, 5.41) is 28.2.